The van der Waals surface area contributed by atoms with Gasteiger partial charge in [0.2, 0.25) is 10.0 Å². The van der Waals surface area contributed by atoms with Crippen LogP contribution in [-0.4, -0.2) is 54.4 Å². The fraction of sp³-hybridized carbons (Fsp3) is 0.625. The van der Waals surface area contributed by atoms with Crippen molar-refractivity contribution in [3.8, 4) is 5.75 Å². The Labute approximate surface area is 157 Å². The Morgan fingerprint density at radius 3 is 2.40 bits per heavy atom. The van der Waals surface area contributed by atoms with Gasteiger partial charge in [-0.25, -0.2) is 12.7 Å². The zero-order valence-electron chi connectivity index (χ0n) is 13.7. The summed E-state index contributed by atoms with van der Waals surface area (Å²) in [4.78, 5) is 0. The summed E-state index contributed by atoms with van der Waals surface area (Å²) in [5.41, 5.74) is 0.329. The molecule has 2 heterocycles. The molecule has 3 N–H and O–H groups in total. The van der Waals surface area contributed by atoms with E-state index in [4.69, 9.17) is 23.2 Å². The van der Waals surface area contributed by atoms with Crippen LogP contribution in [0.25, 0.3) is 0 Å². The van der Waals surface area contributed by atoms with Crippen LogP contribution < -0.4 is 5.32 Å². The minimum Gasteiger partial charge on any atom is -0.508 e. The van der Waals surface area contributed by atoms with Gasteiger partial charge in [-0.3, -0.25) is 0 Å². The molecular weight excluding hydrogens is 387 g/mol. The number of nitrogens with one attached hydrogen (secondary N) is 1. The highest BCUT2D eigenvalue weighted by Gasteiger charge is 2.37. The summed E-state index contributed by atoms with van der Waals surface area (Å²) in [6.45, 7) is 1.99. The van der Waals surface area contributed by atoms with Crippen molar-refractivity contribution in [2.75, 3.05) is 26.2 Å². The van der Waals surface area contributed by atoms with Gasteiger partial charge in [0.25, 0.3) is 0 Å². The third-order valence-electron chi connectivity index (χ3n) is 5.13. The number of aromatic hydroxyl groups is 1. The highest BCUT2D eigenvalue weighted by atomic mass is 35.5. The van der Waals surface area contributed by atoms with Gasteiger partial charge in [0.1, 0.15) is 5.75 Å². The average Bonchev–Trinajstić information content (AvgIpc) is 3.13. The molecule has 0 unspecified atom stereocenters. The molecule has 140 valence electrons. The zero-order valence-corrected chi connectivity index (χ0v) is 16.0. The number of phenols is 1. The van der Waals surface area contributed by atoms with Crippen LogP contribution in [0.4, 0.5) is 0 Å². The number of sulfonamides is 1. The highest BCUT2D eigenvalue weighted by Crippen LogP contribution is 2.39. The molecule has 0 aliphatic carbocycles. The lowest BCUT2D eigenvalue weighted by molar-refractivity contribution is 0.0739. The van der Waals surface area contributed by atoms with E-state index in [9.17, 15) is 18.6 Å². The normalized spacial score (nSPS) is 24.5. The number of benzene rings is 1. The molecule has 0 aromatic heterocycles. The van der Waals surface area contributed by atoms with Crippen molar-refractivity contribution < 1.29 is 18.6 Å². The molecule has 2 atom stereocenters. The van der Waals surface area contributed by atoms with E-state index in [0.29, 0.717) is 44.5 Å². The molecule has 1 aromatic rings. The Kier molecular flexibility index (Phi) is 5.82. The molecule has 6 nitrogen and oxygen atoms in total. The third kappa shape index (κ3) is 3.91. The topological polar surface area (TPSA) is 89.9 Å². The minimum absolute atomic E-state index is 0.103. The third-order valence-corrected chi connectivity index (χ3v) is 8.18. The number of hydrogen-bond donors (Lipinski definition) is 3. The van der Waals surface area contributed by atoms with Crippen molar-refractivity contribution in [1.82, 2.24) is 9.62 Å². The van der Waals surface area contributed by atoms with Crippen LogP contribution in [0.3, 0.4) is 0 Å². The van der Waals surface area contributed by atoms with Gasteiger partial charge in [0.05, 0.1) is 21.4 Å². The first kappa shape index (κ1) is 19.2. The molecule has 2 aliphatic heterocycles. The second-order valence-corrected chi connectivity index (χ2v) is 9.69. The van der Waals surface area contributed by atoms with E-state index >= 15 is 0 Å². The van der Waals surface area contributed by atoms with Crippen molar-refractivity contribution in [3.63, 3.8) is 0 Å². The minimum atomic E-state index is -3.29. The number of nitrogens with zero attached hydrogens (tertiary/aromatic N) is 1. The van der Waals surface area contributed by atoms with Crippen molar-refractivity contribution in [2.45, 2.75) is 30.6 Å². The average molecular weight is 409 g/mol. The molecule has 0 radical (unpaired) electrons. The maximum atomic E-state index is 12.6. The zero-order chi connectivity index (χ0) is 18.2. The van der Waals surface area contributed by atoms with Crippen LogP contribution in [0.15, 0.2) is 12.1 Å². The number of hydrogen-bond acceptors (Lipinski definition) is 5. The predicted molar refractivity (Wildman–Crippen MR) is 97.6 cm³/mol. The second kappa shape index (κ2) is 7.58. The van der Waals surface area contributed by atoms with E-state index in [1.54, 1.807) is 0 Å². The number of phenolic OH excluding ortho intramolecular Hbond substituents is 1. The fourth-order valence-corrected chi connectivity index (χ4v) is 5.80. The molecule has 3 rings (SSSR count). The van der Waals surface area contributed by atoms with E-state index in [1.807, 2.05) is 0 Å². The molecular formula is C16H22Cl2N2O4S. The van der Waals surface area contributed by atoms with Gasteiger partial charge in [0, 0.05) is 31.3 Å². The lowest BCUT2D eigenvalue weighted by Gasteiger charge is -2.35. The SMILES string of the molecule is O=S(=O)([C@@H]1CCNC1)N1CCC([C@H](O)c2cc(Cl)c(Cl)cc2O)CC1. The second-order valence-electron chi connectivity index (χ2n) is 6.67. The van der Waals surface area contributed by atoms with Gasteiger partial charge in [-0.15, -0.1) is 0 Å². The number of halogens is 2. The van der Waals surface area contributed by atoms with Crippen LogP contribution in [0.1, 0.15) is 30.9 Å². The van der Waals surface area contributed by atoms with E-state index in [-0.39, 0.29) is 27.0 Å². The molecule has 25 heavy (non-hydrogen) atoms. The maximum Gasteiger partial charge on any atom is 0.218 e. The van der Waals surface area contributed by atoms with Gasteiger partial charge < -0.3 is 15.5 Å². The van der Waals surface area contributed by atoms with E-state index in [1.165, 1.54) is 16.4 Å². The summed E-state index contributed by atoms with van der Waals surface area (Å²) < 4.78 is 26.8. The first-order valence-corrected chi connectivity index (χ1v) is 10.6. The Morgan fingerprint density at radius 2 is 1.80 bits per heavy atom. The van der Waals surface area contributed by atoms with Crippen LogP contribution in [0.5, 0.6) is 5.75 Å². The van der Waals surface area contributed by atoms with Gasteiger partial charge in [-0.05, 0) is 37.8 Å². The Bertz CT molecular complexity index is 730. The lowest BCUT2D eigenvalue weighted by atomic mass is 9.88. The lowest BCUT2D eigenvalue weighted by Crippen LogP contribution is -2.44. The highest BCUT2D eigenvalue weighted by molar-refractivity contribution is 7.89. The summed E-state index contributed by atoms with van der Waals surface area (Å²) in [6, 6.07) is 2.78. The molecule has 0 bridgehead atoms. The molecule has 9 heteroatoms. The van der Waals surface area contributed by atoms with E-state index < -0.39 is 16.1 Å². The van der Waals surface area contributed by atoms with Crippen molar-refractivity contribution in [3.05, 3.63) is 27.7 Å². The van der Waals surface area contributed by atoms with Crippen LogP contribution in [-0.2, 0) is 10.0 Å². The smallest absolute Gasteiger partial charge is 0.218 e. The molecule has 1 aromatic carbocycles. The standard InChI is InChI=1S/C16H22Cl2N2O4S/c17-13-7-12(15(21)8-14(13)18)16(22)10-2-5-20(6-3-10)25(23,24)11-1-4-19-9-11/h7-8,10-11,16,19,21-22H,1-6,9H2/t11-,16+/m1/s1. The molecule has 0 saturated carbocycles. The number of rotatable bonds is 4. The van der Waals surface area contributed by atoms with Gasteiger partial charge in [0.15, 0.2) is 0 Å². The first-order chi connectivity index (χ1) is 11.8. The summed E-state index contributed by atoms with van der Waals surface area (Å²) in [7, 11) is -3.29. The van der Waals surface area contributed by atoms with Crippen molar-refractivity contribution in [2.24, 2.45) is 5.92 Å². The monoisotopic (exact) mass is 408 g/mol. The van der Waals surface area contributed by atoms with E-state index in [2.05, 4.69) is 5.32 Å². The summed E-state index contributed by atoms with van der Waals surface area (Å²) >= 11 is 11.8. The molecule has 2 aliphatic rings. The van der Waals surface area contributed by atoms with E-state index in [0.717, 1.165) is 6.54 Å². The summed E-state index contributed by atoms with van der Waals surface area (Å²) in [5, 5.41) is 23.8. The predicted octanol–water partition coefficient (Wildman–Crippen LogP) is 2.14. The fourth-order valence-electron chi connectivity index (χ4n) is 3.58. The van der Waals surface area contributed by atoms with Gasteiger partial charge in [-0.1, -0.05) is 23.2 Å². The van der Waals surface area contributed by atoms with Crippen LogP contribution in [0.2, 0.25) is 10.0 Å². The largest absolute Gasteiger partial charge is 0.508 e. The molecule has 0 spiro atoms. The van der Waals surface area contributed by atoms with Crippen molar-refractivity contribution >= 4 is 33.2 Å². The Hall–Kier alpha value is -0.570. The van der Waals surface area contributed by atoms with Crippen LogP contribution >= 0.6 is 23.2 Å². The van der Waals surface area contributed by atoms with Gasteiger partial charge >= 0.3 is 0 Å². The maximum absolute atomic E-state index is 12.6. The molecule has 0 amide bonds. The summed E-state index contributed by atoms with van der Waals surface area (Å²) in [6.07, 6.45) is 0.787. The number of aliphatic hydroxyl groups is 1. The number of aliphatic hydroxyl groups excluding tert-OH is 1. The Morgan fingerprint density at radius 1 is 1.16 bits per heavy atom. The number of piperidine rings is 1. The quantitative estimate of drug-likeness (QED) is 0.709. The molecule has 2 saturated heterocycles. The summed E-state index contributed by atoms with van der Waals surface area (Å²) in [5.74, 6) is -0.245. The van der Waals surface area contributed by atoms with Gasteiger partial charge in [-0.2, -0.15) is 0 Å². The molecule has 2 fully saturated rings. The first-order valence-electron chi connectivity index (χ1n) is 8.36. The Balaban J connectivity index is 1.67. The van der Waals surface area contributed by atoms with Crippen LogP contribution in [0, 0.1) is 5.92 Å². The van der Waals surface area contributed by atoms with Crippen molar-refractivity contribution in [1.29, 1.82) is 0 Å².